The molecule has 0 unspecified atom stereocenters. The van der Waals surface area contributed by atoms with E-state index in [-0.39, 0.29) is 11.8 Å². The molecule has 1 aromatic carbocycles. The number of carbonyl (C=O) groups excluding carboxylic acids is 2. The van der Waals surface area contributed by atoms with Crippen LogP contribution >= 0.6 is 0 Å². The summed E-state index contributed by atoms with van der Waals surface area (Å²) in [4.78, 5) is 24.0. The number of amides is 2. The Morgan fingerprint density at radius 3 is 2.08 bits per heavy atom. The number of rotatable bonds is 5. The normalized spacial score (nSPS) is 19.0. The van der Waals surface area contributed by atoms with Gasteiger partial charge in [-0.05, 0) is 49.5 Å². The molecule has 0 aromatic heterocycles. The lowest BCUT2D eigenvalue weighted by Gasteiger charge is -2.14. The van der Waals surface area contributed by atoms with Gasteiger partial charge in [0.1, 0.15) is 0 Å². The molecule has 0 heterocycles. The topological polar surface area (TPSA) is 58.2 Å². The standard InChI is InChI=1S/C20H26N2O2/c23-19(21-17-5-3-1-2-4-6-17)14-9-15-7-10-16(11-8-15)20(24)22-18-12-13-18/h7-11,14,17-18H,1-6,12-13H2,(H,21,23)(H,22,24)/b14-9+. The molecule has 3 rings (SSSR count). The van der Waals surface area contributed by atoms with Crippen molar-refractivity contribution in [2.24, 2.45) is 0 Å². The molecule has 128 valence electrons. The van der Waals surface area contributed by atoms with E-state index in [4.69, 9.17) is 0 Å². The molecule has 0 spiro atoms. The summed E-state index contributed by atoms with van der Waals surface area (Å²) in [5.74, 6) is -0.0448. The summed E-state index contributed by atoms with van der Waals surface area (Å²) < 4.78 is 0. The number of hydrogen-bond acceptors (Lipinski definition) is 2. The van der Waals surface area contributed by atoms with Crippen molar-refractivity contribution in [2.45, 2.75) is 63.5 Å². The molecule has 2 saturated carbocycles. The Balaban J connectivity index is 1.49. The molecule has 4 nitrogen and oxygen atoms in total. The summed E-state index contributed by atoms with van der Waals surface area (Å²) in [6.45, 7) is 0. The monoisotopic (exact) mass is 326 g/mol. The third-order valence-corrected chi connectivity index (χ3v) is 4.71. The highest BCUT2D eigenvalue weighted by Gasteiger charge is 2.23. The lowest BCUT2D eigenvalue weighted by Crippen LogP contribution is -2.33. The molecule has 0 aliphatic heterocycles. The highest BCUT2D eigenvalue weighted by Crippen LogP contribution is 2.19. The van der Waals surface area contributed by atoms with Crippen LogP contribution in [-0.4, -0.2) is 23.9 Å². The van der Waals surface area contributed by atoms with Crippen molar-refractivity contribution >= 4 is 17.9 Å². The van der Waals surface area contributed by atoms with Gasteiger partial charge in [-0.2, -0.15) is 0 Å². The molecule has 0 saturated heterocycles. The summed E-state index contributed by atoms with van der Waals surface area (Å²) in [5, 5.41) is 6.07. The summed E-state index contributed by atoms with van der Waals surface area (Å²) in [5.41, 5.74) is 1.59. The molecule has 0 atom stereocenters. The van der Waals surface area contributed by atoms with Crippen molar-refractivity contribution in [1.29, 1.82) is 0 Å². The molecule has 0 bridgehead atoms. The van der Waals surface area contributed by atoms with Gasteiger partial charge in [0, 0.05) is 23.7 Å². The van der Waals surface area contributed by atoms with E-state index in [0.29, 0.717) is 17.6 Å². The van der Waals surface area contributed by atoms with Gasteiger partial charge in [0.2, 0.25) is 5.91 Å². The van der Waals surface area contributed by atoms with Crippen LogP contribution in [0.5, 0.6) is 0 Å². The number of hydrogen-bond donors (Lipinski definition) is 2. The first-order valence-electron chi connectivity index (χ1n) is 9.10. The lowest BCUT2D eigenvalue weighted by atomic mass is 10.1. The predicted octanol–water partition coefficient (Wildman–Crippen LogP) is 3.43. The Hall–Kier alpha value is -2.10. The third kappa shape index (κ3) is 5.22. The Bertz CT molecular complexity index is 595. The molecule has 2 N–H and O–H groups in total. The highest BCUT2D eigenvalue weighted by atomic mass is 16.2. The number of nitrogens with one attached hydrogen (secondary N) is 2. The molecule has 4 heteroatoms. The summed E-state index contributed by atoms with van der Waals surface area (Å²) in [7, 11) is 0. The Labute approximate surface area is 143 Å². The van der Waals surface area contributed by atoms with Crippen molar-refractivity contribution in [1.82, 2.24) is 10.6 Å². The predicted molar refractivity (Wildman–Crippen MR) is 95.6 cm³/mol. The van der Waals surface area contributed by atoms with Crippen molar-refractivity contribution in [3.05, 3.63) is 41.5 Å². The van der Waals surface area contributed by atoms with E-state index in [1.807, 2.05) is 12.1 Å². The van der Waals surface area contributed by atoms with E-state index in [1.54, 1.807) is 24.3 Å². The van der Waals surface area contributed by atoms with Crippen LogP contribution in [0, 0.1) is 0 Å². The van der Waals surface area contributed by atoms with Crippen molar-refractivity contribution in [2.75, 3.05) is 0 Å². The first kappa shape index (κ1) is 16.7. The van der Waals surface area contributed by atoms with Crippen LogP contribution in [0.25, 0.3) is 6.08 Å². The fourth-order valence-electron chi connectivity index (χ4n) is 3.09. The van der Waals surface area contributed by atoms with Gasteiger partial charge in [-0.1, -0.05) is 37.8 Å². The first-order valence-corrected chi connectivity index (χ1v) is 9.10. The molecule has 1 aromatic rings. The van der Waals surface area contributed by atoms with Gasteiger partial charge in [-0.15, -0.1) is 0 Å². The fourth-order valence-corrected chi connectivity index (χ4v) is 3.09. The largest absolute Gasteiger partial charge is 0.350 e. The lowest BCUT2D eigenvalue weighted by molar-refractivity contribution is -0.117. The fraction of sp³-hybridized carbons (Fsp3) is 0.500. The third-order valence-electron chi connectivity index (χ3n) is 4.71. The van der Waals surface area contributed by atoms with E-state index in [1.165, 1.54) is 25.7 Å². The van der Waals surface area contributed by atoms with Crippen molar-refractivity contribution in [3.8, 4) is 0 Å². The summed E-state index contributed by atoms with van der Waals surface area (Å²) in [6.07, 6.45) is 12.7. The van der Waals surface area contributed by atoms with Crippen LogP contribution in [0.2, 0.25) is 0 Å². The van der Waals surface area contributed by atoms with Gasteiger partial charge < -0.3 is 10.6 Å². The van der Waals surface area contributed by atoms with Crippen molar-refractivity contribution < 1.29 is 9.59 Å². The van der Waals surface area contributed by atoms with Gasteiger partial charge >= 0.3 is 0 Å². The van der Waals surface area contributed by atoms with Crippen LogP contribution in [0.15, 0.2) is 30.3 Å². The first-order chi connectivity index (χ1) is 11.7. The zero-order valence-corrected chi connectivity index (χ0v) is 14.1. The number of carbonyl (C=O) groups is 2. The SMILES string of the molecule is O=C(/C=C/c1ccc(C(=O)NC2CC2)cc1)NC1CCCCCC1. The minimum atomic E-state index is -0.0301. The maximum Gasteiger partial charge on any atom is 0.251 e. The molecule has 24 heavy (non-hydrogen) atoms. The zero-order valence-electron chi connectivity index (χ0n) is 14.1. The van der Waals surface area contributed by atoms with E-state index < -0.39 is 0 Å². The zero-order chi connectivity index (χ0) is 16.8. The second-order valence-corrected chi connectivity index (χ2v) is 6.90. The second-order valence-electron chi connectivity index (χ2n) is 6.90. The van der Waals surface area contributed by atoms with E-state index in [2.05, 4.69) is 10.6 Å². The molecule has 2 fully saturated rings. The van der Waals surface area contributed by atoms with E-state index >= 15 is 0 Å². The van der Waals surface area contributed by atoms with Crippen LogP contribution in [0.1, 0.15) is 67.3 Å². The Morgan fingerprint density at radius 2 is 1.46 bits per heavy atom. The van der Waals surface area contributed by atoms with Gasteiger partial charge in [-0.25, -0.2) is 0 Å². The van der Waals surface area contributed by atoms with Gasteiger partial charge in [0.05, 0.1) is 0 Å². The minimum Gasteiger partial charge on any atom is -0.350 e. The summed E-state index contributed by atoms with van der Waals surface area (Å²) in [6, 6.07) is 8.04. The molecule has 2 aliphatic carbocycles. The average molecular weight is 326 g/mol. The van der Waals surface area contributed by atoms with Gasteiger partial charge in [-0.3, -0.25) is 9.59 Å². The molecular weight excluding hydrogens is 300 g/mol. The maximum atomic E-state index is 12.0. The molecule has 2 amide bonds. The molecule has 2 aliphatic rings. The van der Waals surface area contributed by atoms with Crippen LogP contribution in [-0.2, 0) is 4.79 Å². The van der Waals surface area contributed by atoms with E-state index in [9.17, 15) is 9.59 Å². The maximum absolute atomic E-state index is 12.0. The molecular formula is C20H26N2O2. The second kappa shape index (κ2) is 8.13. The van der Waals surface area contributed by atoms with E-state index in [0.717, 1.165) is 31.2 Å². The highest BCUT2D eigenvalue weighted by molar-refractivity contribution is 5.95. The Kier molecular flexibility index (Phi) is 5.68. The van der Waals surface area contributed by atoms with Gasteiger partial charge in [0.25, 0.3) is 5.91 Å². The van der Waals surface area contributed by atoms with Crippen LogP contribution in [0.4, 0.5) is 0 Å². The van der Waals surface area contributed by atoms with Crippen molar-refractivity contribution in [3.63, 3.8) is 0 Å². The summed E-state index contributed by atoms with van der Waals surface area (Å²) >= 11 is 0. The van der Waals surface area contributed by atoms with Crippen LogP contribution < -0.4 is 10.6 Å². The van der Waals surface area contributed by atoms with Crippen LogP contribution in [0.3, 0.4) is 0 Å². The number of benzene rings is 1. The minimum absolute atomic E-state index is 0.0147. The average Bonchev–Trinajstić information content (AvgIpc) is 3.41. The Morgan fingerprint density at radius 1 is 0.833 bits per heavy atom. The quantitative estimate of drug-likeness (QED) is 0.643. The molecule has 0 radical (unpaired) electrons. The smallest absolute Gasteiger partial charge is 0.251 e. The van der Waals surface area contributed by atoms with Gasteiger partial charge in [0.15, 0.2) is 0 Å².